The zero-order valence-electron chi connectivity index (χ0n) is 9.05. The maximum absolute atomic E-state index is 4.05. The van der Waals surface area contributed by atoms with Gasteiger partial charge in [-0.15, -0.1) is 0 Å². The van der Waals surface area contributed by atoms with Gasteiger partial charge in [0.15, 0.2) is 0 Å². The molecule has 0 saturated heterocycles. The highest BCUT2D eigenvalue weighted by molar-refractivity contribution is 5.00. The minimum absolute atomic E-state index is 0.811. The van der Waals surface area contributed by atoms with Gasteiger partial charge in [0.25, 0.3) is 0 Å². The summed E-state index contributed by atoms with van der Waals surface area (Å²) in [7, 11) is 0. The Hall–Kier alpha value is -0.520. The molecule has 0 N–H and O–H groups in total. The number of hydrogen-bond donors (Lipinski definition) is 0. The normalized spacial score (nSPS) is 29.4. The summed E-state index contributed by atoms with van der Waals surface area (Å²) in [4.78, 5) is 0. The van der Waals surface area contributed by atoms with E-state index in [1.54, 1.807) is 0 Å². The van der Waals surface area contributed by atoms with Gasteiger partial charge in [-0.2, -0.15) is 0 Å². The SMILES string of the molecule is C=C(C)C1CCC(/C=C/CC)CC1. The molecule has 0 heterocycles. The van der Waals surface area contributed by atoms with Crippen LogP contribution in [-0.2, 0) is 0 Å². The fraction of sp³-hybridized carbons (Fsp3) is 0.692. The second-order valence-corrected chi connectivity index (χ2v) is 4.29. The van der Waals surface area contributed by atoms with Crippen LogP contribution in [0.15, 0.2) is 24.3 Å². The van der Waals surface area contributed by atoms with E-state index in [1.165, 1.54) is 37.7 Å². The van der Waals surface area contributed by atoms with Crippen LogP contribution in [0.1, 0.15) is 46.0 Å². The van der Waals surface area contributed by atoms with Gasteiger partial charge in [0.2, 0.25) is 0 Å². The zero-order valence-corrected chi connectivity index (χ0v) is 9.05. The van der Waals surface area contributed by atoms with E-state index >= 15 is 0 Å². The quantitative estimate of drug-likeness (QED) is 0.564. The number of hydrogen-bond acceptors (Lipinski definition) is 0. The summed E-state index contributed by atoms with van der Waals surface area (Å²) >= 11 is 0. The van der Waals surface area contributed by atoms with E-state index in [9.17, 15) is 0 Å². The van der Waals surface area contributed by atoms with Gasteiger partial charge in [-0.05, 0) is 50.9 Å². The van der Waals surface area contributed by atoms with Crippen molar-refractivity contribution in [1.29, 1.82) is 0 Å². The molecule has 0 bridgehead atoms. The lowest BCUT2D eigenvalue weighted by Gasteiger charge is -2.26. The Kier molecular flexibility index (Phi) is 4.27. The van der Waals surface area contributed by atoms with Crippen molar-refractivity contribution < 1.29 is 0 Å². The van der Waals surface area contributed by atoms with Crippen molar-refractivity contribution in [1.82, 2.24) is 0 Å². The topological polar surface area (TPSA) is 0 Å². The highest BCUT2D eigenvalue weighted by Gasteiger charge is 2.19. The van der Waals surface area contributed by atoms with Gasteiger partial charge in [-0.1, -0.05) is 31.2 Å². The van der Waals surface area contributed by atoms with Crippen molar-refractivity contribution in [3.8, 4) is 0 Å². The smallest absolute Gasteiger partial charge is 0.0208 e. The molecule has 0 radical (unpaired) electrons. The molecular weight excluding hydrogens is 156 g/mol. The molecule has 1 fully saturated rings. The zero-order chi connectivity index (χ0) is 9.68. The lowest BCUT2D eigenvalue weighted by atomic mass is 9.79. The molecule has 0 aromatic rings. The third-order valence-corrected chi connectivity index (χ3v) is 3.11. The van der Waals surface area contributed by atoms with Crippen LogP contribution >= 0.6 is 0 Å². The molecule has 13 heavy (non-hydrogen) atoms. The standard InChI is InChI=1S/C13H22/c1-4-5-6-12-7-9-13(10-8-12)11(2)3/h5-6,12-13H,2,4,7-10H2,1,3H3/b6-5+. The van der Waals surface area contributed by atoms with Gasteiger partial charge >= 0.3 is 0 Å². The Balaban J connectivity index is 2.30. The van der Waals surface area contributed by atoms with Gasteiger partial charge in [-0.25, -0.2) is 0 Å². The van der Waals surface area contributed by atoms with Gasteiger partial charge in [0, 0.05) is 0 Å². The summed E-state index contributed by atoms with van der Waals surface area (Å²) < 4.78 is 0. The molecule has 0 amide bonds. The maximum Gasteiger partial charge on any atom is -0.0208 e. The van der Waals surface area contributed by atoms with Gasteiger partial charge < -0.3 is 0 Å². The lowest BCUT2D eigenvalue weighted by molar-refractivity contribution is 0.345. The van der Waals surface area contributed by atoms with E-state index < -0.39 is 0 Å². The summed E-state index contributed by atoms with van der Waals surface area (Å²) in [5.74, 6) is 1.67. The van der Waals surface area contributed by atoms with Crippen LogP contribution in [0.25, 0.3) is 0 Å². The first-order chi connectivity index (χ1) is 6.24. The number of rotatable bonds is 3. The Morgan fingerprint density at radius 2 is 1.92 bits per heavy atom. The van der Waals surface area contributed by atoms with Crippen LogP contribution in [0.2, 0.25) is 0 Å². The molecule has 0 aliphatic heterocycles. The second kappa shape index (κ2) is 5.26. The molecule has 0 unspecified atom stereocenters. The molecular formula is C13H22. The third-order valence-electron chi connectivity index (χ3n) is 3.11. The van der Waals surface area contributed by atoms with E-state index in [0.29, 0.717) is 0 Å². The van der Waals surface area contributed by atoms with Crippen molar-refractivity contribution in [3.05, 3.63) is 24.3 Å². The van der Waals surface area contributed by atoms with Gasteiger partial charge in [0.1, 0.15) is 0 Å². The third kappa shape index (κ3) is 3.38. The highest BCUT2D eigenvalue weighted by atomic mass is 14.2. The molecule has 0 spiro atoms. The molecule has 0 atom stereocenters. The first-order valence-corrected chi connectivity index (χ1v) is 5.56. The van der Waals surface area contributed by atoms with Crippen molar-refractivity contribution in [2.75, 3.05) is 0 Å². The second-order valence-electron chi connectivity index (χ2n) is 4.29. The Morgan fingerprint density at radius 1 is 1.31 bits per heavy atom. The predicted molar refractivity (Wildman–Crippen MR) is 59.7 cm³/mol. The average Bonchev–Trinajstić information content (AvgIpc) is 2.15. The Labute approximate surface area is 82.7 Å². The Morgan fingerprint density at radius 3 is 2.38 bits per heavy atom. The first kappa shape index (κ1) is 10.6. The van der Waals surface area contributed by atoms with Crippen LogP contribution in [0.4, 0.5) is 0 Å². The summed E-state index contributed by atoms with van der Waals surface area (Å²) in [5.41, 5.74) is 1.39. The van der Waals surface area contributed by atoms with E-state index in [0.717, 1.165) is 11.8 Å². The first-order valence-electron chi connectivity index (χ1n) is 5.56. The lowest BCUT2D eigenvalue weighted by Crippen LogP contribution is -2.13. The average molecular weight is 178 g/mol. The van der Waals surface area contributed by atoms with Crippen molar-refractivity contribution in [2.45, 2.75) is 46.0 Å². The molecule has 74 valence electrons. The molecule has 1 rings (SSSR count). The molecule has 0 heteroatoms. The Bertz CT molecular complexity index is 180. The van der Waals surface area contributed by atoms with Crippen LogP contribution in [0.3, 0.4) is 0 Å². The van der Waals surface area contributed by atoms with Gasteiger partial charge in [-0.3, -0.25) is 0 Å². The van der Waals surface area contributed by atoms with Crippen LogP contribution in [0.5, 0.6) is 0 Å². The van der Waals surface area contributed by atoms with Crippen LogP contribution in [-0.4, -0.2) is 0 Å². The summed E-state index contributed by atoms with van der Waals surface area (Å²) in [6, 6.07) is 0. The van der Waals surface area contributed by atoms with Crippen molar-refractivity contribution >= 4 is 0 Å². The van der Waals surface area contributed by atoms with Crippen molar-refractivity contribution in [2.24, 2.45) is 11.8 Å². The number of allylic oxidation sites excluding steroid dienone is 3. The van der Waals surface area contributed by atoms with E-state index in [2.05, 4.69) is 32.6 Å². The van der Waals surface area contributed by atoms with E-state index in [4.69, 9.17) is 0 Å². The fourth-order valence-corrected chi connectivity index (χ4v) is 2.13. The molecule has 0 aromatic heterocycles. The van der Waals surface area contributed by atoms with E-state index in [1.807, 2.05) is 0 Å². The summed E-state index contributed by atoms with van der Waals surface area (Å²) in [5, 5.41) is 0. The fourth-order valence-electron chi connectivity index (χ4n) is 2.13. The maximum atomic E-state index is 4.05. The monoisotopic (exact) mass is 178 g/mol. The summed E-state index contributed by atoms with van der Waals surface area (Å²) in [6.45, 7) is 8.43. The van der Waals surface area contributed by atoms with Crippen LogP contribution < -0.4 is 0 Å². The molecule has 1 aliphatic rings. The highest BCUT2D eigenvalue weighted by Crippen LogP contribution is 2.32. The molecule has 0 aromatic carbocycles. The summed E-state index contributed by atoms with van der Waals surface area (Å²) in [6.07, 6.45) is 11.4. The van der Waals surface area contributed by atoms with Gasteiger partial charge in [0.05, 0.1) is 0 Å². The van der Waals surface area contributed by atoms with Crippen molar-refractivity contribution in [3.63, 3.8) is 0 Å². The molecule has 1 saturated carbocycles. The minimum atomic E-state index is 0.811. The van der Waals surface area contributed by atoms with Crippen LogP contribution in [0, 0.1) is 11.8 Å². The largest absolute Gasteiger partial charge is 0.0999 e. The predicted octanol–water partition coefficient (Wildman–Crippen LogP) is 4.34. The molecule has 0 nitrogen and oxygen atoms in total. The van der Waals surface area contributed by atoms with E-state index in [-0.39, 0.29) is 0 Å². The molecule has 1 aliphatic carbocycles. The minimum Gasteiger partial charge on any atom is -0.0999 e.